The van der Waals surface area contributed by atoms with Crippen molar-refractivity contribution in [1.82, 2.24) is 0 Å². The third-order valence-corrected chi connectivity index (χ3v) is 4.63. The van der Waals surface area contributed by atoms with Gasteiger partial charge in [-0.15, -0.1) is 0 Å². The Morgan fingerprint density at radius 1 is 1.47 bits per heavy atom. The topological polar surface area (TPSA) is 52.3 Å². The molecule has 0 amide bonds. The van der Waals surface area contributed by atoms with E-state index in [-0.39, 0.29) is 17.4 Å². The van der Waals surface area contributed by atoms with E-state index in [0.717, 1.165) is 19.3 Å². The summed E-state index contributed by atoms with van der Waals surface area (Å²) in [7, 11) is 1.47. The van der Waals surface area contributed by atoms with E-state index in [1.165, 1.54) is 26.4 Å². The number of hydrogen-bond acceptors (Lipinski definition) is 3. The molecule has 3 unspecified atom stereocenters. The van der Waals surface area contributed by atoms with Gasteiger partial charge in [-0.25, -0.2) is 0 Å². The maximum atomic E-state index is 11.7. The van der Waals surface area contributed by atoms with Gasteiger partial charge in [-0.1, -0.05) is 33.1 Å². The van der Waals surface area contributed by atoms with Gasteiger partial charge in [-0.2, -0.15) is 0 Å². The molecule has 0 aromatic carbocycles. The molecule has 0 saturated heterocycles. The molecule has 1 fully saturated rings. The van der Waals surface area contributed by atoms with Gasteiger partial charge in [-0.05, 0) is 30.6 Å². The highest BCUT2D eigenvalue weighted by Crippen LogP contribution is 2.48. The Balaban J connectivity index is 2.93. The molecular formula is C14H27NO2. The van der Waals surface area contributed by atoms with Gasteiger partial charge in [0, 0.05) is 6.04 Å². The number of carbonyl (C=O) groups is 1. The molecule has 100 valence electrons. The summed E-state index contributed by atoms with van der Waals surface area (Å²) in [5.74, 6) is 0.472. The van der Waals surface area contributed by atoms with Crippen LogP contribution in [-0.4, -0.2) is 19.1 Å². The molecule has 0 aromatic heterocycles. The molecule has 0 aromatic rings. The minimum absolute atomic E-state index is 0.0190. The van der Waals surface area contributed by atoms with Crippen LogP contribution in [0.25, 0.3) is 0 Å². The lowest BCUT2D eigenvalue weighted by atomic mass is 9.59. The summed E-state index contributed by atoms with van der Waals surface area (Å²) in [5.41, 5.74) is 6.32. The first-order chi connectivity index (χ1) is 8.10. The van der Waals surface area contributed by atoms with E-state index < -0.39 is 0 Å². The average molecular weight is 241 g/mol. The highest BCUT2D eigenvalue weighted by Gasteiger charge is 2.45. The van der Waals surface area contributed by atoms with Crippen LogP contribution in [-0.2, 0) is 9.53 Å². The molecule has 3 heteroatoms. The van der Waals surface area contributed by atoms with Gasteiger partial charge in [0.15, 0.2) is 0 Å². The summed E-state index contributed by atoms with van der Waals surface area (Å²) < 4.78 is 4.87. The fraction of sp³-hybridized carbons (Fsp3) is 0.929. The van der Waals surface area contributed by atoms with Crippen LogP contribution in [0.3, 0.4) is 0 Å². The number of ether oxygens (including phenoxy) is 1. The Hall–Kier alpha value is -0.570. The predicted molar refractivity (Wildman–Crippen MR) is 69.6 cm³/mol. The van der Waals surface area contributed by atoms with Gasteiger partial charge in [0.2, 0.25) is 0 Å². The van der Waals surface area contributed by atoms with Crippen molar-refractivity contribution >= 4 is 5.97 Å². The van der Waals surface area contributed by atoms with Gasteiger partial charge in [0.25, 0.3) is 0 Å². The summed E-state index contributed by atoms with van der Waals surface area (Å²) in [4.78, 5) is 11.7. The molecule has 2 N–H and O–H groups in total. The van der Waals surface area contributed by atoms with Crippen molar-refractivity contribution in [3.05, 3.63) is 0 Å². The van der Waals surface area contributed by atoms with Crippen LogP contribution in [0.15, 0.2) is 0 Å². The van der Waals surface area contributed by atoms with Crippen molar-refractivity contribution in [2.75, 3.05) is 7.11 Å². The van der Waals surface area contributed by atoms with Gasteiger partial charge in [-0.3, -0.25) is 4.79 Å². The van der Waals surface area contributed by atoms with Crippen molar-refractivity contribution in [2.24, 2.45) is 17.1 Å². The smallest absolute Gasteiger partial charge is 0.306 e. The summed E-state index contributed by atoms with van der Waals surface area (Å²) in [5, 5.41) is 0. The minimum Gasteiger partial charge on any atom is -0.469 e. The lowest BCUT2D eigenvalue weighted by Gasteiger charge is -2.47. The normalized spacial score (nSPS) is 30.9. The van der Waals surface area contributed by atoms with Gasteiger partial charge >= 0.3 is 5.97 Å². The van der Waals surface area contributed by atoms with Crippen molar-refractivity contribution in [2.45, 2.75) is 64.8 Å². The first-order valence-electron chi connectivity index (χ1n) is 6.93. The zero-order chi connectivity index (χ0) is 12.9. The third kappa shape index (κ3) is 3.01. The fourth-order valence-electron chi connectivity index (χ4n) is 3.55. The number of methoxy groups -OCH3 is 1. The summed E-state index contributed by atoms with van der Waals surface area (Å²) in [6.45, 7) is 4.33. The second kappa shape index (κ2) is 6.39. The van der Waals surface area contributed by atoms with Crippen molar-refractivity contribution in [1.29, 1.82) is 0 Å². The Morgan fingerprint density at radius 3 is 2.71 bits per heavy atom. The Bertz CT molecular complexity index is 255. The molecule has 0 aliphatic heterocycles. The molecule has 1 rings (SSSR count). The van der Waals surface area contributed by atoms with E-state index in [1.54, 1.807) is 0 Å². The molecular weight excluding hydrogens is 214 g/mol. The number of rotatable bonds is 5. The average Bonchev–Trinajstić information content (AvgIpc) is 2.37. The zero-order valence-electron chi connectivity index (χ0n) is 11.5. The Labute approximate surface area is 105 Å². The highest BCUT2D eigenvalue weighted by molar-refractivity contribution is 5.70. The van der Waals surface area contributed by atoms with Crippen LogP contribution in [0.2, 0.25) is 0 Å². The van der Waals surface area contributed by atoms with Crippen LogP contribution in [0.1, 0.15) is 58.8 Å². The molecule has 1 saturated carbocycles. The third-order valence-electron chi connectivity index (χ3n) is 4.63. The number of hydrogen-bond donors (Lipinski definition) is 1. The van der Waals surface area contributed by atoms with Crippen LogP contribution in [0, 0.1) is 11.3 Å². The molecule has 3 atom stereocenters. The predicted octanol–water partition coefficient (Wildman–Crippen LogP) is 2.87. The summed E-state index contributed by atoms with van der Waals surface area (Å²) in [6, 6.07) is 0.117. The maximum Gasteiger partial charge on any atom is 0.306 e. The van der Waals surface area contributed by atoms with E-state index in [4.69, 9.17) is 10.5 Å². The van der Waals surface area contributed by atoms with E-state index in [0.29, 0.717) is 12.3 Å². The molecule has 3 nitrogen and oxygen atoms in total. The Kier molecular flexibility index (Phi) is 5.44. The fourth-order valence-corrected chi connectivity index (χ4v) is 3.55. The highest BCUT2D eigenvalue weighted by atomic mass is 16.5. The zero-order valence-corrected chi connectivity index (χ0v) is 11.5. The lowest BCUT2D eigenvalue weighted by Crippen LogP contribution is -2.49. The standard InChI is InChI=1S/C14H27NO2/c1-4-11-8-6-7-9-14(11,12(15)5-2)10-13(16)17-3/h11-12H,4-10,15H2,1-3H3. The van der Waals surface area contributed by atoms with Crippen LogP contribution >= 0.6 is 0 Å². The van der Waals surface area contributed by atoms with E-state index >= 15 is 0 Å². The molecule has 0 spiro atoms. The molecule has 0 radical (unpaired) electrons. The minimum atomic E-state index is -0.103. The number of nitrogens with two attached hydrogens (primary N) is 1. The van der Waals surface area contributed by atoms with E-state index in [2.05, 4.69) is 13.8 Å². The van der Waals surface area contributed by atoms with E-state index in [1.807, 2.05) is 0 Å². The van der Waals surface area contributed by atoms with Crippen molar-refractivity contribution < 1.29 is 9.53 Å². The first-order valence-corrected chi connectivity index (χ1v) is 6.93. The van der Waals surface area contributed by atoms with Gasteiger partial charge in [0.1, 0.15) is 0 Å². The lowest BCUT2D eigenvalue weighted by molar-refractivity contribution is -0.146. The number of esters is 1. The van der Waals surface area contributed by atoms with Crippen LogP contribution in [0.5, 0.6) is 0 Å². The maximum absolute atomic E-state index is 11.7. The van der Waals surface area contributed by atoms with Gasteiger partial charge in [0.05, 0.1) is 13.5 Å². The summed E-state index contributed by atoms with van der Waals surface area (Å²) in [6.07, 6.45) is 7.31. The van der Waals surface area contributed by atoms with E-state index in [9.17, 15) is 4.79 Å². The number of carbonyl (C=O) groups excluding carboxylic acids is 1. The molecule has 1 aliphatic carbocycles. The quantitative estimate of drug-likeness (QED) is 0.753. The second-order valence-electron chi connectivity index (χ2n) is 5.35. The van der Waals surface area contributed by atoms with Crippen LogP contribution < -0.4 is 5.73 Å². The van der Waals surface area contributed by atoms with Crippen molar-refractivity contribution in [3.63, 3.8) is 0 Å². The largest absolute Gasteiger partial charge is 0.469 e. The van der Waals surface area contributed by atoms with Gasteiger partial charge < -0.3 is 10.5 Å². The molecule has 0 heterocycles. The second-order valence-corrected chi connectivity index (χ2v) is 5.35. The molecule has 0 bridgehead atoms. The summed E-state index contributed by atoms with van der Waals surface area (Å²) >= 11 is 0. The molecule has 17 heavy (non-hydrogen) atoms. The SMILES string of the molecule is CCC(N)C1(CC(=O)OC)CCCCC1CC. The first kappa shape index (κ1) is 14.5. The molecule has 1 aliphatic rings. The monoisotopic (exact) mass is 241 g/mol. The Morgan fingerprint density at radius 2 is 2.18 bits per heavy atom. The van der Waals surface area contributed by atoms with Crippen molar-refractivity contribution in [3.8, 4) is 0 Å². The van der Waals surface area contributed by atoms with Crippen LogP contribution in [0.4, 0.5) is 0 Å².